The first-order valence-corrected chi connectivity index (χ1v) is 5.95. The standard InChI is InChI=1S/C10H12N6OS/c1-12-9(17)6-3-4-8(7(11)5-6)18-10-13-14-15-16(10)2/h3-5H,11H2,1-2H3,(H,12,17). The molecule has 0 fully saturated rings. The molecule has 0 aliphatic carbocycles. The molecule has 1 aromatic heterocycles. The van der Waals surface area contributed by atoms with Gasteiger partial charge in [-0.3, -0.25) is 4.79 Å². The third-order valence-corrected chi connectivity index (χ3v) is 3.40. The minimum Gasteiger partial charge on any atom is -0.398 e. The molecule has 8 heteroatoms. The highest BCUT2D eigenvalue weighted by Crippen LogP contribution is 2.30. The number of benzene rings is 1. The van der Waals surface area contributed by atoms with Gasteiger partial charge in [-0.15, -0.1) is 5.10 Å². The van der Waals surface area contributed by atoms with Gasteiger partial charge < -0.3 is 11.1 Å². The van der Waals surface area contributed by atoms with Crippen LogP contribution in [0.3, 0.4) is 0 Å². The highest BCUT2D eigenvalue weighted by atomic mass is 32.2. The Morgan fingerprint density at radius 2 is 2.28 bits per heavy atom. The zero-order valence-corrected chi connectivity index (χ0v) is 10.7. The maximum atomic E-state index is 11.4. The Labute approximate surface area is 108 Å². The molecule has 0 atom stereocenters. The van der Waals surface area contributed by atoms with Gasteiger partial charge in [0, 0.05) is 30.2 Å². The summed E-state index contributed by atoms with van der Waals surface area (Å²) in [6.07, 6.45) is 0. The van der Waals surface area contributed by atoms with Crippen LogP contribution in [0, 0.1) is 0 Å². The quantitative estimate of drug-likeness (QED) is 0.774. The third kappa shape index (κ3) is 2.43. The fraction of sp³-hybridized carbons (Fsp3) is 0.200. The van der Waals surface area contributed by atoms with E-state index in [0.29, 0.717) is 16.4 Å². The number of amides is 1. The number of anilines is 1. The van der Waals surface area contributed by atoms with Crippen LogP contribution in [0.25, 0.3) is 0 Å². The molecule has 3 N–H and O–H groups in total. The Kier molecular flexibility index (Phi) is 3.47. The number of rotatable bonds is 3. The predicted octanol–water partition coefficient (Wildman–Crippen LogP) is 0.303. The Hall–Kier alpha value is -2.09. The van der Waals surface area contributed by atoms with Crippen LogP contribution < -0.4 is 11.1 Å². The van der Waals surface area contributed by atoms with Gasteiger partial charge in [-0.05, 0) is 40.4 Å². The summed E-state index contributed by atoms with van der Waals surface area (Å²) in [4.78, 5) is 12.2. The van der Waals surface area contributed by atoms with E-state index < -0.39 is 0 Å². The topological polar surface area (TPSA) is 98.7 Å². The predicted molar refractivity (Wildman–Crippen MR) is 67.2 cm³/mol. The molecule has 2 rings (SSSR count). The van der Waals surface area contributed by atoms with Crippen LogP contribution in [-0.4, -0.2) is 33.2 Å². The summed E-state index contributed by atoms with van der Waals surface area (Å²) >= 11 is 1.35. The molecule has 18 heavy (non-hydrogen) atoms. The Balaban J connectivity index is 2.25. The average Bonchev–Trinajstić information content (AvgIpc) is 2.76. The summed E-state index contributed by atoms with van der Waals surface area (Å²) < 4.78 is 1.55. The van der Waals surface area contributed by atoms with E-state index in [0.717, 1.165) is 4.90 Å². The molecule has 0 radical (unpaired) electrons. The zero-order valence-electron chi connectivity index (χ0n) is 9.91. The lowest BCUT2D eigenvalue weighted by molar-refractivity contribution is 0.0963. The lowest BCUT2D eigenvalue weighted by Crippen LogP contribution is -2.17. The van der Waals surface area contributed by atoms with Crippen LogP contribution in [-0.2, 0) is 7.05 Å². The number of aryl methyl sites for hydroxylation is 1. The van der Waals surface area contributed by atoms with E-state index in [1.54, 1.807) is 37.0 Å². The molecule has 1 amide bonds. The summed E-state index contributed by atoms with van der Waals surface area (Å²) in [6.45, 7) is 0. The molecule has 0 saturated heterocycles. The van der Waals surface area contributed by atoms with Crippen molar-refractivity contribution in [1.29, 1.82) is 0 Å². The summed E-state index contributed by atoms with van der Waals surface area (Å²) in [6, 6.07) is 5.12. The Morgan fingerprint density at radius 1 is 1.50 bits per heavy atom. The molecule has 1 heterocycles. The van der Waals surface area contributed by atoms with E-state index in [2.05, 4.69) is 20.8 Å². The number of nitrogens with one attached hydrogen (secondary N) is 1. The molecule has 2 aromatic rings. The minimum atomic E-state index is -0.168. The first-order valence-electron chi connectivity index (χ1n) is 5.13. The monoisotopic (exact) mass is 264 g/mol. The maximum absolute atomic E-state index is 11.4. The molecule has 0 aliphatic heterocycles. The second-order valence-corrected chi connectivity index (χ2v) is 4.53. The van der Waals surface area contributed by atoms with Gasteiger partial charge in [0.1, 0.15) is 0 Å². The SMILES string of the molecule is CNC(=O)c1ccc(Sc2nnnn2C)c(N)c1. The van der Waals surface area contributed by atoms with Crippen molar-refractivity contribution < 1.29 is 4.79 Å². The van der Waals surface area contributed by atoms with E-state index in [1.807, 2.05) is 0 Å². The highest BCUT2D eigenvalue weighted by molar-refractivity contribution is 7.99. The van der Waals surface area contributed by atoms with Gasteiger partial charge >= 0.3 is 0 Å². The summed E-state index contributed by atoms with van der Waals surface area (Å²) in [5.74, 6) is -0.168. The van der Waals surface area contributed by atoms with E-state index in [9.17, 15) is 4.79 Å². The van der Waals surface area contributed by atoms with E-state index in [1.165, 1.54) is 11.8 Å². The number of carbonyl (C=O) groups is 1. The van der Waals surface area contributed by atoms with Gasteiger partial charge in [0.2, 0.25) is 5.16 Å². The van der Waals surface area contributed by atoms with Gasteiger partial charge in [0.25, 0.3) is 5.91 Å². The number of aromatic nitrogens is 4. The van der Waals surface area contributed by atoms with E-state index >= 15 is 0 Å². The lowest BCUT2D eigenvalue weighted by Gasteiger charge is -2.06. The van der Waals surface area contributed by atoms with Crippen LogP contribution in [0.5, 0.6) is 0 Å². The van der Waals surface area contributed by atoms with Crippen LogP contribution in [0.2, 0.25) is 0 Å². The number of hydrogen-bond donors (Lipinski definition) is 2. The molecular weight excluding hydrogens is 252 g/mol. The van der Waals surface area contributed by atoms with Crippen molar-refractivity contribution in [2.24, 2.45) is 7.05 Å². The largest absolute Gasteiger partial charge is 0.398 e. The normalized spacial score (nSPS) is 10.3. The van der Waals surface area contributed by atoms with Gasteiger partial charge in [0.15, 0.2) is 0 Å². The highest BCUT2D eigenvalue weighted by Gasteiger charge is 2.10. The number of nitrogens with two attached hydrogens (primary N) is 1. The fourth-order valence-electron chi connectivity index (χ4n) is 1.33. The van der Waals surface area contributed by atoms with Crippen molar-refractivity contribution in [2.75, 3.05) is 12.8 Å². The van der Waals surface area contributed by atoms with Crippen molar-refractivity contribution in [3.8, 4) is 0 Å². The summed E-state index contributed by atoms with van der Waals surface area (Å²) in [7, 11) is 3.32. The summed E-state index contributed by atoms with van der Waals surface area (Å²) in [5, 5.41) is 14.3. The van der Waals surface area contributed by atoms with E-state index in [4.69, 9.17) is 5.73 Å². The molecule has 0 aliphatic rings. The van der Waals surface area contributed by atoms with Crippen molar-refractivity contribution in [3.05, 3.63) is 23.8 Å². The van der Waals surface area contributed by atoms with Crippen LogP contribution in [0.4, 0.5) is 5.69 Å². The maximum Gasteiger partial charge on any atom is 0.251 e. The second-order valence-electron chi connectivity index (χ2n) is 3.52. The lowest BCUT2D eigenvalue weighted by atomic mass is 10.2. The van der Waals surface area contributed by atoms with Gasteiger partial charge in [-0.1, -0.05) is 0 Å². The molecule has 94 valence electrons. The van der Waals surface area contributed by atoms with Crippen LogP contribution in [0.1, 0.15) is 10.4 Å². The minimum absolute atomic E-state index is 0.168. The number of nitrogen functional groups attached to an aromatic ring is 1. The fourth-order valence-corrected chi connectivity index (χ4v) is 2.09. The Bertz CT molecular complexity index is 581. The molecule has 0 saturated carbocycles. The molecule has 1 aromatic carbocycles. The third-order valence-electron chi connectivity index (χ3n) is 2.28. The van der Waals surface area contributed by atoms with Gasteiger partial charge in [-0.2, -0.15) is 0 Å². The second kappa shape index (κ2) is 5.05. The van der Waals surface area contributed by atoms with Gasteiger partial charge in [0.05, 0.1) is 0 Å². The molecule has 0 bridgehead atoms. The molecule has 7 nitrogen and oxygen atoms in total. The molecule has 0 spiro atoms. The molecular formula is C10H12N6OS. The van der Waals surface area contributed by atoms with E-state index in [-0.39, 0.29) is 5.91 Å². The zero-order chi connectivity index (χ0) is 13.1. The van der Waals surface area contributed by atoms with Gasteiger partial charge in [-0.25, -0.2) is 4.68 Å². The Morgan fingerprint density at radius 3 is 2.83 bits per heavy atom. The average molecular weight is 264 g/mol. The van der Waals surface area contributed by atoms with Crippen molar-refractivity contribution in [2.45, 2.75) is 10.1 Å². The van der Waals surface area contributed by atoms with Crippen molar-refractivity contribution >= 4 is 23.4 Å². The summed E-state index contributed by atoms with van der Waals surface area (Å²) in [5.41, 5.74) is 6.94. The number of tetrazole rings is 1. The first-order chi connectivity index (χ1) is 8.61. The number of carbonyl (C=O) groups excluding carboxylic acids is 1. The molecule has 0 unspecified atom stereocenters. The smallest absolute Gasteiger partial charge is 0.251 e. The van der Waals surface area contributed by atoms with Crippen molar-refractivity contribution in [3.63, 3.8) is 0 Å². The number of nitrogens with zero attached hydrogens (tertiary/aromatic N) is 4. The first kappa shape index (κ1) is 12.4. The van der Waals surface area contributed by atoms with Crippen LogP contribution >= 0.6 is 11.8 Å². The van der Waals surface area contributed by atoms with Crippen LogP contribution in [0.15, 0.2) is 28.3 Å². The van der Waals surface area contributed by atoms with Crippen molar-refractivity contribution in [1.82, 2.24) is 25.5 Å². The number of hydrogen-bond acceptors (Lipinski definition) is 6.